The van der Waals surface area contributed by atoms with Gasteiger partial charge in [0.1, 0.15) is 10.7 Å². The van der Waals surface area contributed by atoms with E-state index >= 15 is 0 Å². The standard InChI is InChI=1S/C22H18ClN5O3/c1-15-17(21(23)27(25-15)13-16-7-3-2-4-8-16)11-12-20(29)31-14-28-22(30)18-9-5-6-10-19(18)24-26-28/h2-12H,13-14H2,1H3/b12-11+. The number of benzene rings is 2. The minimum absolute atomic E-state index is 0.347. The van der Waals surface area contributed by atoms with E-state index in [0.29, 0.717) is 33.9 Å². The molecule has 0 fully saturated rings. The highest BCUT2D eigenvalue weighted by Crippen LogP contribution is 2.22. The molecule has 0 amide bonds. The summed E-state index contributed by atoms with van der Waals surface area (Å²) in [5.74, 6) is -0.645. The van der Waals surface area contributed by atoms with Crippen LogP contribution in [0.1, 0.15) is 16.8 Å². The van der Waals surface area contributed by atoms with Crippen molar-refractivity contribution in [3.63, 3.8) is 0 Å². The van der Waals surface area contributed by atoms with Crippen molar-refractivity contribution in [3.8, 4) is 0 Å². The number of carbonyl (C=O) groups is 1. The van der Waals surface area contributed by atoms with E-state index in [4.69, 9.17) is 16.3 Å². The van der Waals surface area contributed by atoms with Crippen LogP contribution in [0.15, 0.2) is 65.5 Å². The summed E-state index contributed by atoms with van der Waals surface area (Å²) in [6.45, 7) is 1.98. The summed E-state index contributed by atoms with van der Waals surface area (Å²) in [6.07, 6.45) is 2.78. The van der Waals surface area contributed by atoms with Gasteiger partial charge in [0, 0.05) is 11.6 Å². The number of ether oxygens (including phenoxy) is 1. The molecule has 2 aromatic heterocycles. The molecule has 0 bridgehead atoms. The van der Waals surface area contributed by atoms with E-state index in [1.807, 2.05) is 37.3 Å². The fraction of sp³-hybridized carbons (Fsp3) is 0.136. The Kier molecular flexibility index (Phi) is 5.90. The van der Waals surface area contributed by atoms with Crippen LogP contribution in [0.5, 0.6) is 0 Å². The Morgan fingerprint density at radius 2 is 1.84 bits per heavy atom. The zero-order valence-corrected chi connectivity index (χ0v) is 17.4. The number of fused-ring (bicyclic) bond motifs is 1. The van der Waals surface area contributed by atoms with Gasteiger partial charge in [0.25, 0.3) is 5.56 Å². The highest BCUT2D eigenvalue weighted by Gasteiger charge is 2.12. The second kappa shape index (κ2) is 8.93. The number of esters is 1. The Bertz CT molecular complexity index is 1330. The molecular formula is C22H18ClN5O3. The van der Waals surface area contributed by atoms with Crippen LogP contribution in [-0.4, -0.2) is 30.7 Å². The molecule has 4 rings (SSSR count). The summed E-state index contributed by atoms with van der Waals surface area (Å²) in [6, 6.07) is 16.6. The molecule has 0 aliphatic carbocycles. The molecule has 0 atom stereocenters. The number of hydrogen-bond donors (Lipinski definition) is 0. The zero-order chi connectivity index (χ0) is 21.8. The lowest BCUT2D eigenvalue weighted by atomic mass is 10.2. The van der Waals surface area contributed by atoms with E-state index in [9.17, 15) is 9.59 Å². The van der Waals surface area contributed by atoms with Crippen LogP contribution < -0.4 is 5.56 Å². The molecule has 2 heterocycles. The van der Waals surface area contributed by atoms with Crippen molar-refractivity contribution >= 4 is 34.5 Å². The first-order valence-corrected chi connectivity index (χ1v) is 9.85. The van der Waals surface area contributed by atoms with Crippen molar-refractivity contribution < 1.29 is 9.53 Å². The van der Waals surface area contributed by atoms with Gasteiger partial charge in [-0.05, 0) is 30.7 Å². The number of halogens is 1. The first-order chi connectivity index (χ1) is 15.0. The number of rotatable bonds is 6. The minimum Gasteiger partial charge on any atom is -0.439 e. The second-order valence-corrected chi connectivity index (χ2v) is 7.13. The van der Waals surface area contributed by atoms with E-state index in [-0.39, 0.29) is 12.3 Å². The van der Waals surface area contributed by atoms with Crippen molar-refractivity contribution in [2.24, 2.45) is 0 Å². The van der Waals surface area contributed by atoms with Crippen LogP contribution in [0.3, 0.4) is 0 Å². The maximum Gasteiger partial charge on any atom is 0.332 e. The average molecular weight is 436 g/mol. The lowest BCUT2D eigenvalue weighted by Crippen LogP contribution is -2.26. The number of nitrogens with zero attached hydrogens (tertiary/aromatic N) is 5. The smallest absolute Gasteiger partial charge is 0.332 e. The molecule has 4 aromatic rings. The number of aryl methyl sites for hydroxylation is 1. The summed E-state index contributed by atoms with van der Waals surface area (Å²) in [5.41, 5.74) is 2.46. The topological polar surface area (TPSA) is 91.9 Å². The van der Waals surface area contributed by atoms with Gasteiger partial charge in [0.15, 0.2) is 6.73 Å². The summed E-state index contributed by atoms with van der Waals surface area (Å²) < 4.78 is 7.78. The highest BCUT2D eigenvalue weighted by molar-refractivity contribution is 6.31. The Balaban J connectivity index is 1.44. The number of aromatic nitrogens is 5. The van der Waals surface area contributed by atoms with E-state index in [2.05, 4.69) is 15.4 Å². The van der Waals surface area contributed by atoms with E-state index in [1.165, 1.54) is 6.08 Å². The maximum absolute atomic E-state index is 12.4. The predicted octanol–water partition coefficient (Wildman–Crippen LogP) is 3.21. The monoisotopic (exact) mass is 435 g/mol. The van der Waals surface area contributed by atoms with Crippen LogP contribution in [0, 0.1) is 6.92 Å². The largest absolute Gasteiger partial charge is 0.439 e. The number of hydrogen-bond acceptors (Lipinski definition) is 6. The third-order valence-corrected chi connectivity index (χ3v) is 5.03. The molecule has 2 aromatic carbocycles. The average Bonchev–Trinajstić information content (AvgIpc) is 3.05. The van der Waals surface area contributed by atoms with Gasteiger partial charge < -0.3 is 4.74 Å². The van der Waals surface area contributed by atoms with Crippen LogP contribution in [0.4, 0.5) is 0 Å². The van der Waals surface area contributed by atoms with Crippen molar-refractivity contribution in [2.45, 2.75) is 20.2 Å². The quantitative estimate of drug-likeness (QED) is 0.341. The minimum atomic E-state index is -0.645. The summed E-state index contributed by atoms with van der Waals surface area (Å²) in [5, 5.41) is 13.0. The first kappa shape index (κ1) is 20.5. The van der Waals surface area contributed by atoms with Crippen LogP contribution >= 0.6 is 11.6 Å². The van der Waals surface area contributed by atoms with E-state index < -0.39 is 5.97 Å². The molecule has 0 unspecified atom stereocenters. The van der Waals surface area contributed by atoms with Crippen molar-refractivity contribution in [2.75, 3.05) is 0 Å². The lowest BCUT2D eigenvalue weighted by Gasteiger charge is -2.04. The van der Waals surface area contributed by atoms with Gasteiger partial charge in [-0.25, -0.2) is 9.48 Å². The lowest BCUT2D eigenvalue weighted by molar-refractivity contribution is -0.141. The Labute approximate surface area is 182 Å². The van der Waals surface area contributed by atoms with E-state index in [0.717, 1.165) is 10.2 Å². The summed E-state index contributed by atoms with van der Waals surface area (Å²) in [4.78, 5) is 24.5. The summed E-state index contributed by atoms with van der Waals surface area (Å²) >= 11 is 6.45. The molecule has 156 valence electrons. The SMILES string of the molecule is Cc1nn(Cc2ccccc2)c(Cl)c1/C=C/C(=O)OCn1nnc2ccccc2c1=O. The Hall–Kier alpha value is -3.78. The molecule has 0 aliphatic rings. The molecule has 0 spiro atoms. The molecule has 0 N–H and O–H groups in total. The highest BCUT2D eigenvalue weighted by atomic mass is 35.5. The van der Waals surface area contributed by atoms with Crippen LogP contribution in [-0.2, 0) is 22.8 Å². The normalized spacial score (nSPS) is 11.3. The molecule has 0 aliphatic heterocycles. The van der Waals surface area contributed by atoms with Gasteiger partial charge in [-0.15, -0.1) is 5.10 Å². The summed E-state index contributed by atoms with van der Waals surface area (Å²) in [7, 11) is 0. The molecule has 31 heavy (non-hydrogen) atoms. The van der Waals surface area contributed by atoms with Gasteiger partial charge in [-0.3, -0.25) is 4.79 Å². The van der Waals surface area contributed by atoms with Crippen LogP contribution in [0.2, 0.25) is 5.15 Å². The molecular weight excluding hydrogens is 418 g/mol. The van der Waals surface area contributed by atoms with Crippen molar-refractivity contribution in [3.05, 3.63) is 93.0 Å². The molecule has 0 radical (unpaired) electrons. The predicted molar refractivity (Wildman–Crippen MR) is 116 cm³/mol. The van der Waals surface area contributed by atoms with Crippen LogP contribution in [0.25, 0.3) is 17.0 Å². The van der Waals surface area contributed by atoms with Crippen molar-refractivity contribution in [1.82, 2.24) is 24.8 Å². The van der Waals surface area contributed by atoms with Gasteiger partial charge in [-0.1, -0.05) is 59.3 Å². The fourth-order valence-corrected chi connectivity index (χ4v) is 3.35. The third kappa shape index (κ3) is 4.54. The number of carbonyl (C=O) groups excluding carboxylic acids is 1. The zero-order valence-electron chi connectivity index (χ0n) is 16.6. The van der Waals surface area contributed by atoms with Gasteiger partial charge in [0.05, 0.1) is 17.6 Å². The molecule has 0 saturated heterocycles. The van der Waals surface area contributed by atoms with Gasteiger partial charge >= 0.3 is 5.97 Å². The maximum atomic E-state index is 12.4. The molecule has 0 saturated carbocycles. The molecule has 9 heteroatoms. The van der Waals surface area contributed by atoms with E-state index in [1.54, 1.807) is 35.0 Å². The first-order valence-electron chi connectivity index (χ1n) is 9.47. The second-order valence-electron chi connectivity index (χ2n) is 6.77. The van der Waals surface area contributed by atoms with Gasteiger partial charge in [0.2, 0.25) is 0 Å². The van der Waals surface area contributed by atoms with Gasteiger partial charge in [-0.2, -0.15) is 9.78 Å². The Morgan fingerprint density at radius 3 is 2.65 bits per heavy atom. The molecule has 8 nitrogen and oxygen atoms in total. The third-order valence-electron chi connectivity index (χ3n) is 4.63. The fourth-order valence-electron chi connectivity index (χ4n) is 3.05. The Morgan fingerprint density at radius 1 is 1.10 bits per heavy atom. The van der Waals surface area contributed by atoms with Crippen molar-refractivity contribution in [1.29, 1.82) is 0 Å².